The number of nitrogens with zero attached hydrogens (tertiary/aromatic N) is 2. The third kappa shape index (κ3) is 5.49. The van der Waals surface area contributed by atoms with Crippen LogP contribution in [0.2, 0.25) is 0 Å². The quantitative estimate of drug-likeness (QED) is 0.595. The van der Waals surface area contributed by atoms with Crippen LogP contribution in [0.4, 0.5) is 0 Å². The lowest BCUT2D eigenvalue weighted by Gasteiger charge is -1.80. The van der Waals surface area contributed by atoms with Gasteiger partial charge in [-0.1, -0.05) is 0 Å². The van der Waals surface area contributed by atoms with Gasteiger partial charge in [0.2, 0.25) is 12.4 Å². The Kier molecular flexibility index (Phi) is 5.28. The second-order valence-electron chi connectivity index (χ2n) is 2.57. The highest BCUT2D eigenvalue weighted by Crippen LogP contribution is 2.03. The largest absolute Gasteiger partial charge is 0.285 e. The summed E-state index contributed by atoms with van der Waals surface area (Å²) in [7, 11) is 0. The Hall–Kier alpha value is -0.940. The molecule has 15 heavy (non-hydrogen) atoms. The molecule has 0 saturated heterocycles. The lowest BCUT2D eigenvalue weighted by Crippen LogP contribution is -2.27. The summed E-state index contributed by atoms with van der Waals surface area (Å²) in [6.45, 7) is 0. The van der Waals surface area contributed by atoms with Crippen LogP contribution in [-0.4, -0.2) is 10.2 Å². The minimum Gasteiger partial charge on any atom is -0.285 e. The Labute approximate surface area is 105 Å². The van der Waals surface area contributed by atoms with E-state index in [9.17, 15) is 0 Å². The fourth-order valence-electron chi connectivity index (χ4n) is 0.777. The summed E-state index contributed by atoms with van der Waals surface area (Å²) in [6.07, 6.45) is 6.59. The SMILES string of the molecule is Brc1cccnc1.O[n+]1cccc(Br)c1. The molecular weight excluding hydrogens is 324 g/mol. The molecule has 2 heterocycles. The van der Waals surface area contributed by atoms with Gasteiger partial charge in [0.25, 0.3) is 0 Å². The van der Waals surface area contributed by atoms with Crippen molar-refractivity contribution in [2.75, 3.05) is 0 Å². The Morgan fingerprint density at radius 1 is 1.13 bits per heavy atom. The minimum atomic E-state index is 0.863. The summed E-state index contributed by atoms with van der Waals surface area (Å²) in [5.74, 6) is 0. The molecule has 0 atom stereocenters. The van der Waals surface area contributed by atoms with Crippen LogP contribution in [0, 0.1) is 0 Å². The third-order valence-corrected chi connectivity index (χ3v) is 2.31. The van der Waals surface area contributed by atoms with Gasteiger partial charge in [0.05, 0.1) is 4.47 Å². The predicted molar refractivity (Wildman–Crippen MR) is 63.5 cm³/mol. The van der Waals surface area contributed by atoms with E-state index in [1.807, 2.05) is 18.2 Å². The van der Waals surface area contributed by atoms with Gasteiger partial charge in [-0.25, -0.2) is 0 Å². The molecule has 0 aromatic carbocycles. The highest BCUT2D eigenvalue weighted by atomic mass is 79.9. The van der Waals surface area contributed by atoms with Crippen LogP contribution in [0.15, 0.2) is 58.0 Å². The number of aromatic nitrogens is 2. The monoisotopic (exact) mass is 331 g/mol. The Balaban J connectivity index is 0.000000151. The molecule has 0 saturated carbocycles. The molecule has 1 N–H and O–H groups in total. The van der Waals surface area contributed by atoms with E-state index >= 15 is 0 Å². The van der Waals surface area contributed by atoms with Gasteiger partial charge in [-0.05, 0) is 50.1 Å². The molecule has 3 nitrogen and oxygen atoms in total. The van der Waals surface area contributed by atoms with Gasteiger partial charge in [0, 0.05) is 27.7 Å². The van der Waals surface area contributed by atoms with E-state index in [1.165, 1.54) is 0 Å². The van der Waals surface area contributed by atoms with Crippen LogP contribution < -0.4 is 4.73 Å². The van der Waals surface area contributed by atoms with E-state index < -0.39 is 0 Å². The number of halogens is 2. The van der Waals surface area contributed by atoms with Crippen LogP contribution in [0.3, 0.4) is 0 Å². The molecular formula is C10H9Br2N2O+. The van der Waals surface area contributed by atoms with Gasteiger partial charge in [-0.3, -0.25) is 10.2 Å². The summed E-state index contributed by atoms with van der Waals surface area (Å²) >= 11 is 6.43. The van der Waals surface area contributed by atoms with Crippen LogP contribution >= 0.6 is 31.9 Å². The second-order valence-corrected chi connectivity index (χ2v) is 4.40. The Morgan fingerprint density at radius 2 is 1.87 bits per heavy atom. The highest BCUT2D eigenvalue weighted by Gasteiger charge is 1.92. The van der Waals surface area contributed by atoms with Crippen molar-refractivity contribution in [1.82, 2.24) is 4.98 Å². The van der Waals surface area contributed by atoms with Gasteiger partial charge in [0.15, 0.2) is 0 Å². The van der Waals surface area contributed by atoms with Gasteiger partial charge in [-0.2, -0.15) is 0 Å². The third-order valence-electron chi connectivity index (χ3n) is 1.38. The molecule has 0 fully saturated rings. The van der Waals surface area contributed by atoms with Crippen molar-refractivity contribution in [3.8, 4) is 0 Å². The topological polar surface area (TPSA) is 37.0 Å². The van der Waals surface area contributed by atoms with Crippen LogP contribution in [-0.2, 0) is 0 Å². The fourth-order valence-corrected chi connectivity index (χ4v) is 1.41. The number of hydrogen-bond donors (Lipinski definition) is 1. The molecule has 0 unspecified atom stereocenters. The first-order valence-corrected chi connectivity index (χ1v) is 5.68. The van der Waals surface area contributed by atoms with E-state index in [1.54, 1.807) is 30.9 Å². The molecule has 5 heteroatoms. The summed E-state index contributed by atoms with van der Waals surface area (Å²) in [6, 6.07) is 7.40. The van der Waals surface area contributed by atoms with E-state index in [2.05, 4.69) is 36.8 Å². The maximum atomic E-state index is 8.70. The fraction of sp³-hybridized carbons (Fsp3) is 0. The molecule has 0 amide bonds. The van der Waals surface area contributed by atoms with Crippen LogP contribution in [0.1, 0.15) is 0 Å². The first-order chi connectivity index (χ1) is 7.18. The van der Waals surface area contributed by atoms with E-state index in [0.717, 1.165) is 13.7 Å². The van der Waals surface area contributed by atoms with Gasteiger partial charge in [-0.15, -0.1) is 0 Å². The molecule has 0 aliphatic heterocycles. The zero-order chi connectivity index (χ0) is 11.1. The van der Waals surface area contributed by atoms with Crippen molar-refractivity contribution in [2.24, 2.45) is 0 Å². The molecule has 2 aromatic heterocycles. The lowest BCUT2D eigenvalue weighted by atomic mass is 10.5. The van der Waals surface area contributed by atoms with Crippen LogP contribution in [0.25, 0.3) is 0 Å². The number of hydrogen-bond acceptors (Lipinski definition) is 2. The maximum Gasteiger partial charge on any atom is 0.236 e. The Bertz CT molecular complexity index is 392. The smallest absolute Gasteiger partial charge is 0.236 e. The maximum absolute atomic E-state index is 8.70. The highest BCUT2D eigenvalue weighted by molar-refractivity contribution is 9.10. The first-order valence-electron chi connectivity index (χ1n) is 4.10. The summed E-state index contributed by atoms with van der Waals surface area (Å²) in [4.78, 5) is 3.84. The van der Waals surface area contributed by atoms with Crippen molar-refractivity contribution in [3.63, 3.8) is 0 Å². The molecule has 0 aliphatic rings. The van der Waals surface area contributed by atoms with E-state index in [-0.39, 0.29) is 0 Å². The molecule has 0 radical (unpaired) electrons. The van der Waals surface area contributed by atoms with Crippen molar-refractivity contribution < 1.29 is 9.94 Å². The average molecular weight is 333 g/mol. The van der Waals surface area contributed by atoms with Gasteiger partial charge >= 0.3 is 0 Å². The number of pyridine rings is 2. The number of rotatable bonds is 0. The minimum absolute atomic E-state index is 0.863. The van der Waals surface area contributed by atoms with Crippen molar-refractivity contribution >= 4 is 31.9 Å². The second kappa shape index (κ2) is 6.53. The molecule has 2 aromatic rings. The summed E-state index contributed by atoms with van der Waals surface area (Å²) < 4.78 is 2.88. The van der Waals surface area contributed by atoms with Crippen LogP contribution in [0.5, 0.6) is 0 Å². The van der Waals surface area contributed by atoms with E-state index in [4.69, 9.17) is 5.21 Å². The lowest BCUT2D eigenvalue weighted by molar-refractivity contribution is -0.905. The average Bonchev–Trinajstić information content (AvgIpc) is 2.19. The van der Waals surface area contributed by atoms with Crippen molar-refractivity contribution in [2.45, 2.75) is 0 Å². The molecule has 0 aliphatic carbocycles. The normalized spacial score (nSPS) is 8.93. The molecule has 0 bridgehead atoms. The van der Waals surface area contributed by atoms with Crippen molar-refractivity contribution in [1.29, 1.82) is 0 Å². The zero-order valence-corrected chi connectivity index (χ0v) is 10.9. The standard InChI is InChI=1S/C5H5BrNO.C5H4BrN/c6-5-2-1-3-7(8)4-5;6-5-2-1-3-7-4-5/h1-4,8H;1-4H/q+1;. The predicted octanol–water partition coefficient (Wildman–Crippen LogP) is 2.82. The molecule has 0 spiro atoms. The van der Waals surface area contributed by atoms with Crippen molar-refractivity contribution in [3.05, 3.63) is 58.0 Å². The van der Waals surface area contributed by atoms with E-state index in [0.29, 0.717) is 0 Å². The Morgan fingerprint density at radius 3 is 2.20 bits per heavy atom. The summed E-state index contributed by atoms with van der Waals surface area (Å²) in [5.41, 5.74) is 0. The molecule has 2 rings (SSSR count). The zero-order valence-electron chi connectivity index (χ0n) is 7.72. The summed E-state index contributed by atoms with van der Waals surface area (Å²) in [5, 5.41) is 8.70. The molecule has 78 valence electrons. The van der Waals surface area contributed by atoms with Gasteiger partial charge < -0.3 is 0 Å². The first kappa shape index (κ1) is 12.1. The van der Waals surface area contributed by atoms with Gasteiger partial charge in [0.1, 0.15) is 0 Å².